The van der Waals surface area contributed by atoms with Gasteiger partial charge >= 0.3 is 0 Å². The molecule has 1 aromatic carbocycles. The third-order valence-corrected chi connectivity index (χ3v) is 8.19. The smallest absolute Gasteiger partial charge is 0.268 e. The molecule has 6 nitrogen and oxygen atoms in total. The fraction of sp³-hybridized carbons (Fsp3) is 0.435. The number of rotatable bonds is 6. The van der Waals surface area contributed by atoms with Crippen molar-refractivity contribution >= 4 is 39.1 Å². The zero-order chi connectivity index (χ0) is 21.4. The minimum Gasteiger partial charge on any atom is -0.497 e. The first-order valence-electron chi connectivity index (χ1n) is 10.9. The van der Waals surface area contributed by atoms with Crippen molar-refractivity contribution in [3.05, 3.63) is 45.1 Å². The van der Waals surface area contributed by atoms with E-state index >= 15 is 0 Å². The number of unbranched alkanes of at least 4 members (excludes halogenated alkanes) is 1. The molecule has 162 valence electrons. The fourth-order valence-corrected chi connectivity index (χ4v) is 6.71. The van der Waals surface area contributed by atoms with Crippen LogP contribution in [0.4, 0.5) is 0 Å². The maximum atomic E-state index is 13.9. The standard InChI is InChI=1S/C23H26N4O2S2/c1-3-4-14-30-23-25-24-22-26(15-10-12-16(29-2)13-11-15)20(28)19-17-8-6-5-7-9-18(17)31-21(19)27(22)23/h10-13H,3-9,14H2,1-2H3. The van der Waals surface area contributed by atoms with Gasteiger partial charge in [0.15, 0.2) is 5.16 Å². The Morgan fingerprint density at radius 2 is 1.94 bits per heavy atom. The summed E-state index contributed by atoms with van der Waals surface area (Å²) >= 11 is 3.48. The number of fused-ring (bicyclic) bond motifs is 5. The minimum atomic E-state index is 0.00424. The Morgan fingerprint density at radius 1 is 1.13 bits per heavy atom. The van der Waals surface area contributed by atoms with Gasteiger partial charge in [-0.25, -0.2) is 8.97 Å². The van der Waals surface area contributed by atoms with Gasteiger partial charge in [-0.3, -0.25) is 4.79 Å². The predicted octanol–water partition coefficient (Wildman–Crippen LogP) is 5.26. The second kappa shape index (κ2) is 8.67. The third kappa shape index (κ3) is 3.55. The predicted molar refractivity (Wildman–Crippen MR) is 127 cm³/mol. The molecule has 0 saturated heterocycles. The highest BCUT2D eigenvalue weighted by molar-refractivity contribution is 7.99. The van der Waals surface area contributed by atoms with Crippen LogP contribution in [0.5, 0.6) is 5.75 Å². The molecular weight excluding hydrogens is 428 g/mol. The van der Waals surface area contributed by atoms with E-state index in [9.17, 15) is 4.79 Å². The van der Waals surface area contributed by atoms with E-state index in [1.165, 1.54) is 23.3 Å². The zero-order valence-electron chi connectivity index (χ0n) is 17.9. The molecule has 0 aliphatic heterocycles. The number of ether oxygens (including phenoxy) is 1. The number of aryl methyl sites for hydroxylation is 2. The summed E-state index contributed by atoms with van der Waals surface area (Å²) < 4.78 is 9.14. The van der Waals surface area contributed by atoms with Crippen LogP contribution >= 0.6 is 23.1 Å². The molecule has 8 heteroatoms. The second-order valence-corrected chi connectivity index (χ2v) is 10.0. The Morgan fingerprint density at radius 3 is 2.71 bits per heavy atom. The summed E-state index contributed by atoms with van der Waals surface area (Å²) in [5, 5.41) is 10.7. The molecule has 1 aliphatic carbocycles. The van der Waals surface area contributed by atoms with Crippen LogP contribution < -0.4 is 10.3 Å². The van der Waals surface area contributed by atoms with Crippen molar-refractivity contribution in [3.8, 4) is 11.4 Å². The fourth-order valence-electron chi connectivity index (χ4n) is 4.26. The molecule has 0 saturated carbocycles. The summed E-state index contributed by atoms with van der Waals surface area (Å²) in [5.41, 5.74) is 2.03. The molecule has 0 atom stereocenters. The highest BCUT2D eigenvalue weighted by Gasteiger charge is 2.25. The quantitative estimate of drug-likeness (QED) is 0.226. The maximum absolute atomic E-state index is 13.9. The lowest BCUT2D eigenvalue weighted by atomic mass is 10.1. The van der Waals surface area contributed by atoms with Crippen LogP contribution in [0.3, 0.4) is 0 Å². The van der Waals surface area contributed by atoms with Crippen molar-refractivity contribution in [3.63, 3.8) is 0 Å². The van der Waals surface area contributed by atoms with Crippen LogP contribution in [0.25, 0.3) is 21.7 Å². The van der Waals surface area contributed by atoms with Gasteiger partial charge in [0.1, 0.15) is 10.6 Å². The Hall–Kier alpha value is -2.32. The summed E-state index contributed by atoms with van der Waals surface area (Å²) in [6, 6.07) is 7.58. The topological polar surface area (TPSA) is 61.4 Å². The highest BCUT2D eigenvalue weighted by atomic mass is 32.2. The Labute approximate surface area is 189 Å². The van der Waals surface area contributed by atoms with Crippen LogP contribution in [0.15, 0.2) is 34.2 Å². The molecular formula is C23H26N4O2S2. The number of methoxy groups -OCH3 is 1. The lowest BCUT2D eigenvalue weighted by Crippen LogP contribution is -2.22. The van der Waals surface area contributed by atoms with Gasteiger partial charge in [-0.15, -0.1) is 21.5 Å². The first-order chi connectivity index (χ1) is 15.2. The number of aromatic nitrogens is 4. The lowest BCUT2D eigenvalue weighted by molar-refractivity contribution is 0.414. The monoisotopic (exact) mass is 454 g/mol. The third-order valence-electron chi connectivity index (χ3n) is 5.90. The summed E-state index contributed by atoms with van der Waals surface area (Å²) in [6.07, 6.45) is 7.85. The first kappa shape index (κ1) is 20.6. The summed E-state index contributed by atoms with van der Waals surface area (Å²) in [5.74, 6) is 2.33. The van der Waals surface area contributed by atoms with Gasteiger partial charge in [0.05, 0.1) is 18.2 Å². The number of nitrogens with zero attached hydrogens (tertiary/aromatic N) is 4. The van der Waals surface area contributed by atoms with E-state index in [4.69, 9.17) is 4.74 Å². The Balaban J connectivity index is 1.81. The number of thiophene rings is 1. The molecule has 0 unspecified atom stereocenters. The zero-order valence-corrected chi connectivity index (χ0v) is 19.5. The van der Waals surface area contributed by atoms with Crippen molar-refractivity contribution in [1.82, 2.24) is 19.2 Å². The van der Waals surface area contributed by atoms with Crippen LogP contribution in [-0.2, 0) is 12.8 Å². The molecule has 4 aromatic rings. The minimum absolute atomic E-state index is 0.00424. The van der Waals surface area contributed by atoms with Crippen molar-refractivity contribution in [2.75, 3.05) is 12.9 Å². The van der Waals surface area contributed by atoms with E-state index in [1.54, 1.807) is 34.8 Å². The number of hydrogen-bond acceptors (Lipinski definition) is 6. The summed E-state index contributed by atoms with van der Waals surface area (Å²) in [7, 11) is 1.64. The normalized spacial score (nSPS) is 14.1. The average molecular weight is 455 g/mol. The van der Waals surface area contributed by atoms with E-state index < -0.39 is 0 Å². The van der Waals surface area contributed by atoms with Crippen molar-refractivity contribution < 1.29 is 4.74 Å². The van der Waals surface area contributed by atoms with Gasteiger partial charge in [0.2, 0.25) is 5.78 Å². The molecule has 0 amide bonds. The van der Waals surface area contributed by atoms with Crippen LogP contribution in [0.1, 0.15) is 49.5 Å². The van der Waals surface area contributed by atoms with E-state index in [0.29, 0.717) is 5.78 Å². The van der Waals surface area contributed by atoms with Gasteiger partial charge in [0.25, 0.3) is 5.56 Å². The largest absolute Gasteiger partial charge is 0.497 e. The highest BCUT2D eigenvalue weighted by Crippen LogP contribution is 2.36. The molecule has 0 spiro atoms. The van der Waals surface area contributed by atoms with Crippen LogP contribution in [0, 0.1) is 0 Å². The molecule has 3 heterocycles. The number of thioether (sulfide) groups is 1. The van der Waals surface area contributed by atoms with Crippen molar-refractivity contribution in [2.45, 2.75) is 57.0 Å². The van der Waals surface area contributed by atoms with E-state index in [0.717, 1.165) is 64.7 Å². The molecule has 1 aliphatic rings. The molecule has 3 aromatic heterocycles. The van der Waals surface area contributed by atoms with Gasteiger partial charge in [-0.05, 0) is 61.9 Å². The van der Waals surface area contributed by atoms with Crippen LogP contribution in [0.2, 0.25) is 0 Å². The molecule has 5 rings (SSSR count). The van der Waals surface area contributed by atoms with Crippen LogP contribution in [-0.4, -0.2) is 32.0 Å². The Bertz CT molecular complexity index is 1290. The van der Waals surface area contributed by atoms with Gasteiger partial charge in [0, 0.05) is 10.6 Å². The van der Waals surface area contributed by atoms with Gasteiger partial charge in [-0.2, -0.15) is 0 Å². The lowest BCUT2D eigenvalue weighted by Gasteiger charge is -2.11. The summed E-state index contributed by atoms with van der Waals surface area (Å²) in [4.78, 5) is 16.2. The SMILES string of the molecule is CCCCSc1nnc2n(-c3ccc(OC)cc3)c(=O)c3c4c(sc3n12)CCCCC4. The molecule has 0 bridgehead atoms. The number of benzene rings is 1. The first-order valence-corrected chi connectivity index (χ1v) is 12.7. The van der Waals surface area contributed by atoms with E-state index in [-0.39, 0.29) is 5.56 Å². The molecule has 0 N–H and O–H groups in total. The molecule has 0 fully saturated rings. The second-order valence-electron chi connectivity index (χ2n) is 7.90. The Kier molecular flexibility index (Phi) is 5.75. The van der Waals surface area contributed by atoms with E-state index in [1.807, 2.05) is 24.3 Å². The van der Waals surface area contributed by atoms with Crippen molar-refractivity contribution in [1.29, 1.82) is 0 Å². The average Bonchev–Trinajstić information content (AvgIpc) is 3.28. The van der Waals surface area contributed by atoms with Crippen molar-refractivity contribution in [2.24, 2.45) is 0 Å². The maximum Gasteiger partial charge on any atom is 0.268 e. The molecule has 0 radical (unpaired) electrons. The van der Waals surface area contributed by atoms with E-state index in [2.05, 4.69) is 21.5 Å². The summed E-state index contributed by atoms with van der Waals surface area (Å²) in [6.45, 7) is 2.19. The van der Waals surface area contributed by atoms with Gasteiger partial charge in [-0.1, -0.05) is 31.5 Å². The number of hydrogen-bond donors (Lipinski definition) is 0. The van der Waals surface area contributed by atoms with Gasteiger partial charge < -0.3 is 4.74 Å². The molecule has 31 heavy (non-hydrogen) atoms.